The van der Waals surface area contributed by atoms with Crippen molar-refractivity contribution in [2.24, 2.45) is 0 Å². The zero-order valence-electron chi connectivity index (χ0n) is 31.9. The molecule has 272 valence electrons. The summed E-state index contributed by atoms with van der Waals surface area (Å²) in [5.41, 5.74) is 18.3. The summed E-state index contributed by atoms with van der Waals surface area (Å²) in [5, 5.41) is 7.69. The van der Waals surface area contributed by atoms with Crippen LogP contribution in [0.5, 0.6) is 0 Å². The van der Waals surface area contributed by atoms with E-state index in [2.05, 4.69) is 219 Å². The summed E-state index contributed by atoms with van der Waals surface area (Å²) < 4.78 is 4.99. The Bertz CT molecular complexity index is 3640. The molecule has 0 atom stereocenters. The first-order chi connectivity index (χ1) is 29.3. The Hall–Kier alpha value is -7.76. The van der Waals surface area contributed by atoms with Gasteiger partial charge in [-0.15, -0.1) is 0 Å². The number of nitrogens with zero attached hydrogens (tertiary/aromatic N) is 4. The molecule has 5 heteroatoms. The number of aromatic nitrogens is 2. The van der Waals surface area contributed by atoms with Crippen LogP contribution in [0.25, 0.3) is 65.6 Å². The maximum absolute atomic E-state index is 2.55. The summed E-state index contributed by atoms with van der Waals surface area (Å²) in [4.78, 5) is 5.05. The lowest BCUT2D eigenvalue weighted by Crippen LogP contribution is -2.61. The van der Waals surface area contributed by atoms with Crippen LogP contribution < -0.4 is 26.2 Å². The van der Waals surface area contributed by atoms with E-state index < -0.39 is 0 Å². The molecule has 0 unspecified atom stereocenters. The van der Waals surface area contributed by atoms with Gasteiger partial charge in [0, 0.05) is 66.4 Å². The standard InChI is InChI=1S/C54H33BN4/c1-3-16-34(17-4-1)56-48-29-14-10-25-43(48)55-44-32-42-41-24-15-23-40-39-22-9-13-28-47(39)59(54(40)41)49(42)33-50(44)57(35-18-5-2-6-19-35)52-31-36(30-51(56)53(52)55)58-45-26-11-7-20-37(45)38-21-8-12-27-46(38)58/h1-33H. The van der Waals surface area contributed by atoms with Crippen molar-refractivity contribution in [2.45, 2.75) is 0 Å². The van der Waals surface area contributed by atoms with Gasteiger partial charge in [-0.1, -0.05) is 133 Å². The Balaban J connectivity index is 1.17. The highest BCUT2D eigenvalue weighted by Crippen LogP contribution is 2.48. The molecule has 0 saturated heterocycles. The van der Waals surface area contributed by atoms with Crippen molar-refractivity contribution in [3.05, 3.63) is 200 Å². The number of fused-ring (bicyclic) bond motifs is 13. The van der Waals surface area contributed by atoms with Gasteiger partial charge in [-0.25, -0.2) is 0 Å². The first kappa shape index (κ1) is 31.3. The average Bonchev–Trinajstić information content (AvgIpc) is 3.94. The molecule has 0 aliphatic carbocycles. The molecule has 0 bridgehead atoms. The minimum atomic E-state index is -0.000431. The first-order valence-electron chi connectivity index (χ1n) is 20.5. The van der Waals surface area contributed by atoms with Gasteiger partial charge in [-0.2, -0.15) is 0 Å². The monoisotopic (exact) mass is 748 g/mol. The molecule has 2 aliphatic rings. The predicted octanol–water partition coefficient (Wildman–Crippen LogP) is 12.0. The van der Waals surface area contributed by atoms with Crippen molar-refractivity contribution < 1.29 is 0 Å². The molecule has 0 amide bonds. The topological polar surface area (TPSA) is 15.8 Å². The van der Waals surface area contributed by atoms with Gasteiger partial charge in [0.25, 0.3) is 6.71 Å². The molecule has 59 heavy (non-hydrogen) atoms. The zero-order valence-corrected chi connectivity index (χ0v) is 31.9. The summed E-state index contributed by atoms with van der Waals surface area (Å²) >= 11 is 0. The molecular weight excluding hydrogens is 715 g/mol. The van der Waals surface area contributed by atoms with Gasteiger partial charge in [0.05, 0.1) is 33.3 Å². The van der Waals surface area contributed by atoms with E-state index in [0.717, 1.165) is 17.1 Å². The van der Waals surface area contributed by atoms with Crippen molar-refractivity contribution in [3.63, 3.8) is 0 Å². The van der Waals surface area contributed by atoms with E-state index in [4.69, 9.17) is 0 Å². The first-order valence-corrected chi connectivity index (χ1v) is 20.5. The Morgan fingerprint density at radius 2 is 0.814 bits per heavy atom. The average molecular weight is 749 g/mol. The van der Waals surface area contributed by atoms with Crippen molar-refractivity contribution in [1.82, 2.24) is 8.97 Å². The maximum atomic E-state index is 2.55. The smallest absolute Gasteiger partial charge is 0.252 e. The fourth-order valence-corrected chi connectivity index (χ4v) is 10.9. The van der Waals surface area contributed by atoms with Crippen molar-refractivity contribution in [2.75, 3.05) is 9.80 Å². The van der Waals surface area contributed by atoms with Gasteiger partial charge in [0.15, 0.2) is 0 Å². The highest BCUT2D eigenvalue weighted by molar-refractivity contribution is 7.00. The van der Waals surface area contributed by atoms with Crippen LogP contribution in [-0.4, -0.2) is 15.7 Å². The van der Waals surface area contributed by atoms with E-state index in [1.807, 2.05) is 0 Å². The van der Waals surface area contributed by atoms with Gasteiger partial charge in [0.1, 0.15) is 0 Å². The lowest BCUT2D eigenvalue weighted by Gasteiger charge is -2.44. The molecule has 12 aromatic rings. The van der Waals surface area contributed by atoms with Gasteiger partial charge in [-0.05, 0) is 83.1 Å². The van der Waals surface area contributed by atoms with E-state index in [-0.39, 0.29) is 6.71 Å². The van der Waals surface area contributed by atoms with E-state index >= 15 is 0 Å². The van der Waals surface area contributed by atoms with Crippen molar-refractivity contribution in [1.29, 1.82) is 0 Å². The highest BCUT2D eigenvalue weighted by atomic mass is 15.2. The lowest BCUT2D eigenvalue weighted by atomic mass is 9.33. The van der Waals surface area contributed by atoms with Crippen molar-refractivity contribution in [3.8, 4) is 5.69 Å². The second-order valence-corrected chi connectivity index (χ2v) is 16.1. The second kappa shape index (κ2) is 11.4. The van der Waals surface area contributed by atoms with Crippen LogP contribution in [0.4, 0.5) is 34.1 Å². The number of hydrogen-bond acceptors (Lipinski definition) is 2. The fraction of sp³-hybridized carbons (Fsp3) is 0. The van der Waals surface area contributed by atoms with Crippen LogP contribution in [-0.2, 0) is 0 Å². The van der Waals surface area contributed by atoms with Gasteiger partial charge < -0.3 is 18.8 Å². The van der Waals surface area contributed by atoms with Gasteiger partial charge in [0.2, 0.25) is 0 Å². The fourth-order valence-electron chi connectivity index (χ4n) is 10.9. The molecule has 0 spiro atoms. The number of hydrogen-bond donors (Lipinski definition) is 0. The van der Waals surface area contributed by atoms with Crippen LogP contribution in [0.3, 0.4) is 0 Å². The highest BCUT2D eigenvalue weighted by Gasteiger charge is 2.44. The number of para-hydroxylation sites is 7. The van der Waals surface area contributed by atoms with Gasteiger partial charge >= 0.3 is 0 Å². The number of benzene rings is 9. The van der Waals surface area contributed by atoms with E-state index in [9.17, 15) is 0 Å². The molecule has 4 nitrogen and oxygen atoms in total. The predicted molar refractivity (Wildman–Crippen MR) is 249 cm³/mol. The molecule has 2 aliphatic heterocycles. The molecule has 0 fully saturated rings. The van der Waals surface area contributed by atoms with Gasteiger partial charge in [-0.3, -0.25) is 0 Å². The Morgan fingerprint density at radius 1 is 0.305 bits per heavy atom. The van der Waals surface area contributed by atoms with E-state index in [1.165, 1.54) is 99.0 Å². The summed E-state index contributed by atoms with van der Waals surface area (Å²) in [6, 6.07) is 74.3. The molecule has 9 aromatic carbocycles. The summed E-state index contributed by atoms with van der Waals surface area (Å²) in [6.07, 6.45) is 0. The van der Waals surface area contributed by atoms with Crippen molar-refractivity contribution >= 4 is 117 Å². The zero-order chi connectivity index (χ0) is 38.3. The molecule has 3 aromatic heterocycles. The van der Waals surface area contributed by atoms with Crippen LogP contribution in [0.1, 0.15) is 0 Å². The van der Waals surface area contributed by atoms with Crippen LogP contribution in [0.2, 0.25) is 0 Å². The molecule has 5 heterocycles. The minimum Gasteiger partial charge on any atom is -0.311 e. The Kier molecular flexibility index (Phi) is 6.07. The van der Waals surface area contributed by atoms with E-state index in [0.29, 0.717) is 0 Å². The number of rotatable bonds is 3. The molecule has 0 N–H and O–H groups in total. The molecular formula is C54H33BN4. The third kappa shape index (κ3) is 4.04. The van der Waals surface area contributed by atoms with Crippen LogP contribution in [0, 0.1) is 0 Å². The molecule has 14 rings (SSSR count). The number of anilines is 6. The van der Waals surface area contributed by atoms with E-state index in [1.54, 1.807) is 0 Å². The molecule has 0 saturated carbocycles. The Labute approximate surface area is 340 Å². The second-order valence-electron chi connectivity index (χ2n) is 16.1. The summed E-state index contributed by atoms with van der Waals surface area (Å²) in [7, 11) is 0. The third-order valence-electron chi connectivity index (χ3n) is 13.2. The summed E-state index contributed by atoms with van der Waals surface area (Å²) in [6.45, 7) is -0.000431. The minimum absolute atomic E-state index is 0.000431. The quantitative estimate of drug-likeness (QED) is 0.167. The SMILES string of the molecule is c1ccc(N2c3ccccc3B3c4cc5c6cccc7c8ccccc8n(c5cc4N(c4ccccc4)c4cc(-n5c8ccccc8c8ccccc85)cc2c43)c76)cc1. The largest absolute Gasteiger partial charge is 0.311 e. The summed E-state index contributed by atoms with van der Waals surface area (Å²) in [5.74, 6) is 0. The molecule has 0 radical (unpaired) electrons. The maximum Gasteiger partial charge on any atom is 0.252 e. The van der Waals surface area contributed by atoms with Crippen LogP contribution in [0.15, 0.2) is 200 Å². The van der Waals surface area contributed by atoms with Crippen LogP contribution >= 0.6 is 0 Å². The third-order valence-corrected chi connectivity index (χ3v) is 13.2. The Morgan fingerprint density at radius 3 is 1.47 bits per heavy atom. The normalized spacial score (nSPS) is 13.3. The lowest BCUT2D eigenvalue weighted by molar-refractivity contribution is 1.16.